The molecular weight excluding hydrogens is 228 g/mol. The second-order valence-corrected chi connectivity index (χ2v) is 6.04. The lowest BCUT2D eigenvalue weighted by Gasteiger charge is -2.05. The molecule has 0 aliphatic carbocycles. The van der Waals surface area contributed by atoms with Gasteiger partial charge < -0.3 is 10.1 Å². The minimum absolute atomic E-state index is 0.932. The van der Waals surface area contributed by atoms with Gasteiger partial charge in [-0.1, -0.05) is 12.1 Å². The largest absolute Gasteiger partial charge is 0.411 e. The summed E-state index contributed by atoms with van der Waals surface area (Å²) in [5, 5.41) is 11.7. The van der Waals surface area contributed by atoms with Crippen molar-refractivity contribution in [3.8, 4) is 0 Å². The van der Waals surface area contributed by atoms with Crippen LogP contribution in [0.1, 0.15) is 17.4 Å². The predicted octanol–water partition coefficient (Wildman–Crippen LogP) is 2.73. The molecule has 0 aliphatic rings. The third kappa shape index (κ3) is 3.85. The van der Waals surface area contributed by atoms with Crippen LogP contribution in [0.25, 0.3) is 0 Å². The minimum atomic E-state index is 0.932. The average molecular weight is 244 g/mol. The number of thiophene rings is 1. The summed E-state index contributed by atoms with van der Waals surface area (Å²) in [7, 11) is 4.10. The van der Waals surface area contributed by atoms with Gasteiger partial charge in [-0.05, 0) is 25.9 Å². The van der Waals surface area contributed by atoms with E-state index in [0.717, 1.165) is 17.9 Å². The van der Waals surface area contributed by atoms with Gasteiger partial charge in [0.15, 0.2) is 0 Å². The molecule has 3 nitrogen and oxygen atoms in total. The van der Waals surface area contributed by atoms with Crippen LogP contribution in [-0.4, -0.2) is 36.2 Å². The van der Waals surface area contributed by atoms with Crippen molar-refractivity contribution in [1.29, 1.82) is 0 Å². The van der Waals surface area contributed by atoms with Crippen molar-refractivity contribution in [3.63, 3.8) is 0 Å². The molecule has 0 atom stereocenters. The molecule has 1 rings (SSSR count). The maximum Gasteiger partial charge on any atom is 0.0753 e. The van der Waals surface area contributed by atoms with Gasteiger partial charge in [0, 0.05) is 17.0 Å². The van der Waals surface area contributed by atoms with E-state index in [9.17, 15) is 0 Å². The van der Waals surface area contributed by atoms with Gasteiger partial charge >= 0.3 is 0 Å². The molecule has 84 valence electrons. The van der Waals surface area contributed by atoms with Gasteiger partial charge in [0.25, 0.3) is 0 Å². The van der Waals surface area contributed by atoms with Gasteiger partial charge in [0.1, 0.15) is 0 Å². The van der Waals surface area contributed by atoms with Crippen LogP contribution in [0.2, 0.25) is 0 Å². The zero-order valence-corrected chi connectivity index (χ0v) is 10.9. The highest BCUT2D eigenvalue weighted by molar-refractivity contribution is 8.01. The summed E-state index contributed by atoms with van der Waals surface area (Å²) in [4.78, 5) is 3.43. The molecule has 1 aromatic rings. The summed E-state index contributed by atoms with van der Waals surface area (Å²) in [6.07, 6.45) is 1.51. The van der Waals surface area contributed by atoms with Crippen LogP contribution >= 0.6 is 23.1 Å². The van der Waals surface area contributed by atoms with Gasteiger partial charge in [0.05, 0.1) is 10.4 Å². The lowest BCUT2D eigenvalue weighted by atomic mass is 10.3. The number of thioether (sulfide) groups is 1. The van der Waals surface area contributed by atoms with E-state index in [4.69, 9.17) is 5.21 Å². The molecule has 0 fully saturated rings. The van der Waals surface area contributed by atoms with E-state index in [-0.39, 0.29) is 0 Å². The van der Waals surface area contributed by atoms with Crippen molar-refractivity contribution in [1.82, 2.24) is 4.90 Å². The van der Waals surface area contributed by atoms with E-state index in [1.807, 2.05) is 14.1 Å². The molecule has 15 heavy (non-hydrogen) atoms. The molecule has 1 aromatic heterocycles. The predicted molar refractivity (Wildman–Crippen MR) is 67.5 cm³/mol. The van der Waals surface area contributed by atoms with Crippen molar-refractivity contribution >= 4 is 29.3 Å². The molecule has 0 saturated heterocycles. The highest BCUT2D eigenvalue weighted by Crippen LogP contribution is 2.31. The van der Waals surface area contributed by atoms with Crippen LogP contribution in [0.5, 0.6) is 0 Å². The van der Waals surface area contributed by atoms with Crippen LogP contribution in [0.3, 0.4) is 0 Å². The number of nitrogens with zero attached hydrogens (tertiary/aromatic N) is 2. The van der Waals surface area contributed by atoms with E-state index in [2.05, 4.69) is 23.0 Å². The molecule has 0 bridgehead atoms. The first-order valence-corrected chi connectivity index (χ1v) is 6.55. The fourth-order valence-corrected chi connectivity index (χ4v) is 3.65. The van der Waals surface area contributed by atoms with E-state index in [1.165, 1.54) is 15.3 Å². The van der Waals surface area contributed by atoms with E-state index < -0.39 is 0 Å². The van der Waals surface area contributed by atoms with Crippen LogP contribution < -0.4 is 0 Å². The minimum Gasteiger partial charge on any atom is -0.411 e. The summed E-state index contributed by atoms with van der Waals surface area (Å²) in [6, 6.07) is 2.09. The van der Waals surface area contributed by atoms with Crippen LogP contribution in [0.15, 0.2) is 15.4 Å². The highest BCUT2D eigenvalue weighted by Gasteiger charge is 2.08. The van der Waals surface area contributed by atoms with Crippen molar-refractivity contribution in [2.45, 2.75) is 17.7 Å². The summed E-state index contributed by atoms with van der Waals surface area (Å²) < 4.78 is 1.23. The molecule has 0 aromatic carbocycles. The van der Waals surface area contributed by atoms with E-state index >= 15 is 0 Å². The number of hydrogen-bond donors (Lipinski definition) is 1. The molecule has 0 spiro atoms. The van der Waals surface area contributed by atoms with Crippen molar-refractivity contribution in [3.05, 3.63) is 16.5 Å². The average Bonchev–Trinajstić information content (AvgIpc) is 2.48. The van der Waals surface area contributed by atoms with Gasteiger partial charge in [-0.2, -0.15) is 0 Å². The van der Waals surface area contributed by atoms with Crippen molar-refractivity contribution in [2.24, 2.45) is 5.16 Å². The quantitative estimate of drug-likeness (QED) is 0.374. The van der Waals surface area contributed by atoms with E-state index in [1.54, 1.807) is 23.1 Å². The first kappa shape index (κ1) is 12.5. The summed E-state index contributed by atoms with van der Waals surface area (Å²) in [5.74, 6) is 1.04. The molecule has 0 amide bonds. The Morgan fingerprint density at radius 2 is 2.33 bits per heavy atom. The molecular formula is C10H16N2OS2. The Bertz CT molecular complexity index is 334. The monoisotopic (exact) mass is 244 g/mol. The Hall–Kier alpha value is -0.520. The van der Waals surface area contributed by atoms with E-state index in [0.29, 0.717) is 0 Å². The number of hydrogen-bond acceptors (Lipinski definition) is 5. The summed E-state index contributed by atoms with van der Waals surface area (Å²) >= 11 is 3.56. The summed E-state index contributed by atoms with van der Waals surface area (Å²) in [5.41, 5.74) is 1.02. The molecule has 0 aliphatic heterocycles. The fraction of sp³-hybridized carbons (Fsp3) is 0.500. The number of oxime groups is 1. The zero-order chi connectivity index (χ0) is 11.3. The SMILES string of the molecule is CCSc1sc(CN(C)C)cc1C=NO. The normalized spacial score (nSPS) is 11.7. The second kappa shape index (κ2) is 6.15. The van der Waals surface area contributed by atoms with Crippen LogP contribution in [0, 0.1) is 0 Å². The Balaban J connectivity index is 2.87. The zero-order valence-electron chi connectivity index (χ0n) is 9.23. The Labute approximate surface area is 98.8 Å². The molecule has 0 radical (unpaired) electrons. The lowest BCUT2D eigenvalue weighted by molar-refractivity contribution is 0.322. The van der Waals surface area contributed by atoms with Gasteiger partial charge in [-0.25, -0.2) is 0 Å². The molecule has 1 heterocycles. The maximum atomic E-state index is 8.56. The van der Waals surface area contributed by atoms with Gasteiger partial charge in [0.2, 0.25) is 0 Å². The molecule has 0 unspecified atom stereocenters. The van der Waals surface area contributed by atoms with Crippen molar-refractivity contribution in [2.75, 3.05) is 19.8 Å². The number of rotatable bonds is 5. The highest BCUT2D eigenvalue weighted by atomic mass is 32.2. The summed E-state index contributed by atoms with van der Waals surface area (Å²) in [6.45, 7) is 3.05. The van der Waals surface area contributed by atoms with Crippen molar-refractivity contribution < 1.29 is 5.21 Å². The topological polar surface area (TPSA) is 35.8 Å². The standard InChI is InChI=1S/C10H16N2OS2/c1-4-14-10-8(6-11-13)5-9(15-10)7-12(2)3/h5-6,13H,4,7H2,1-3H3. The Morgan fingerprint density at radius 3 is 2.87 bits per heavy atom. The Kier molecular flexibility index (Phi) is 5.14. The maximum absolute atomic E-state index is 8.56. The van der Waals surface area contributed by atoms with Gasteiger partial charge in [-0.3, -0.25) is 0 Å². The van der Waals surface area contributed by atoms with Crippen LogP contribution in [0.4, 0.5) is 0 Å². The fourth-order valence-electron chi connectivity index (χ4n) is 1.23. The van der Waals surface area contributed by atoms with Crippen LogP contribution in [-0.2, 0) is 6.54 Å². The molecule has 0 saturated carbocycles. The first-order valence-electron chi connectivity index (χ1n) is 4.75. The van der Waals surface area contributed by atoms with Gasteiger partial charge in [-0.15, -0.1) is 23.1 Å². The third-order valence-corrected chi connectivity index (χ3v) is 4.04. The lowest BCUT2D eigenvalue weighted by Crippen LogP contribution is -2.09. The smallest absolute Gasteiger partial charge is 0.0753 e. The second-order valence-electron chi connectivity index (χ2n) is 3.37. The molecule has 5 heteroatoms. The third-order valence-electron chi connectivity index (χ3n) is 1.72. The Morgan fingerprint density at radius 1 is 1.60 bits per heavy atom. The molecule has 1 N–H and O–H groups in total. The first-order chi connectivity index (χ1) is 7.17.